The van der Waals surface area contributed by atoms with Crippen LogP contribution in [-0.4, -0.2) is 47.3 Å². The van der Waals surface area contributed by atoms with Crippen LogP contribution in [0.4, 0.5) is 4.79 Å². The summed E-state index contributed by atoms with van der Waals surface area (Å²) in [5.41, 5.74) is 0.858. The summed E-state index contributed by atoms with van der Waals surface area (Å²) < 4.78 is 0. The van der Waals surface area contributed by atoms with Crippen LogP contribution in [0.25, 0.3) is 0 Å². The summed E-state index contributed by atoms with van der Waals surface area (Å²) in [5, 5.41) is 2.82. The SMILES string of the molecule is C=CCN(CC=C)C(=O)CN1C(=O)NC2(CCc3ccccc32)C1=O. The molecule has 130 valence electrons. The fourth-order valence-corrected chi connectivity index (χ4v) is 3.56. The fraction of sp³-hybridized carbons (Fsp3) is 0.316. The maximum Gasteiger partial charge on any atom is 0.325 e. The highest BCUT2D eigenvalue weighted by Gasteiger charge is 2.55. The largest absolute Gasteiger partial charge is 0.334 e. The summed E-state index contributed by atoms with van der Waals surface area (Å²) in [6.07, 6.45) is 4.44. The molecule has 0 aromatic heterocycles. The van der Waals surface area contributed by atoms with Crippen LogP contribution in [0.15, 0.2) is 49.6 Å². The van der Waals surface area contributed by atoms with Crippen LogP contribution in [0.3, 0.4) is 0 Å². The standard InChI is InChI=1S/C19H21N3O3/c1-3-11-21(12-4-2)16(23)13-22-17(24)19(20-18(22)25)10-9-14-7-5-6-8-15(14)19/h3-8H,1-2,9-13H2,(H,20,25). The first-order chi connectivity index (χ1) is 12.0. The van der Waals surface area contributed by atoms with E-state index in [1.165, 1.54) is 4.90 Å². The molecule has 3 rings (SSSR count). The van der Waals surface area contributed by atoms with Crippen molar-refractivity contribution in [2.24, 2.45) is 0 Å². The molecule has 1 spiro atoms. The first-order valence-corrected chi connectivity index (χ1v) is 8.25. The van der Waals surface area contributed by atoms with Gasteiger partial charge in [-0.2, -0.15) is 0 Å². The first-order valence-electron chi connectivity index (χ1n) is 8.25. The molecule has 1 aliphatic carbocycles. The first kappa shape index (κ1) is 17.0. The second kappa shape index (κ2) is 6.55. The third-order valence-corrected chi connectivity index (χ3v) is 4.77. The average molecular weight is 339 g/mol. The summed E-state index contributed by atoms with van der Waals surface area (Å²) in [6.45, 7) is 7.63. The normalized spacial score (nSPS) is 21.2. The van der Waals surface area contributed by atoms with Gasteiger partial charge in [-0.15, -0.1) is 13.2 Å². The van der Waals surface area contributed by atoms with E-state index in [-0.39, 0.29) is 18.4 Å². The molecule has 25 heavy (non-hydrogen) atoms. The third kappa shape index (κ3) is 2.73. The Balaban J connectivity index is 1.82. The zero-order valence-electron chi connectivity index (χ0n) is 14.0. The lowest BCUT2D eigenvalue weighted by Crippen LogP contribution is -2.45. The fourth-order valence-electron chi connectivity index (χ4n) is 3.56. The number of amides is 4. The van der Waals surface area contributed by atoms with Gasteiger partial charge in [-0.25, -0.2) is 4.79 Å². The summed E-state index contributed by atoms with van der Waals surface area (Å²) in [5.74, 6) is -0.667. The second-order valence-electron chi connectivity index (χ2n) is 6.26. The van der Waals surface area contributed by atoms with Crippen molar-refractivity contribution >= 4 is 17.8 Å². The van der Waals surface area contributed by atoms with E-state index in [0.717, 1.165) is 22.4 Å². The molecule has 1 aliphatic heterocycles. The van der Waals surface area contributed by atoms with Gasteiger partial charge in [0.1, 0.15) is 12.1 Å². The number of benzene rings is 1. The summed E-state index contributed by atoms with van der Waals surface area (Å²) >= 11 is 0. The Hall–Kier alpha value is -2.89. The number of carbonyl (C=O) groups is 3. The molecule has 6 nitrogen and oxygen atoms in total. The van der Waals surface area contributed by atoms with Crippen LogP contribution >= 0.6 is 0 Å². The molecule has 2 aliphatic rings. The summed E-state index contributed by atoms with van der Waals surface area (Å²) in [6, 6.07) is 7.09. The van der Waals surface area contributed by atoms with Gasteiger partial charge in [0, 0.05) is 13.1 Å². The van der Waals surface area contributed by atoms with Gasteiger partial charge in [-0.1, -0.05) is 36.4 Å². The lowest BCUT2D eigenvalue weighted by molar-refractivity contribution is -0.138. The molecule has 1 aromatic carbocycles. The minimum atomic E-state index is -1.03. The molecule has 1 fully saturated rings. The molecule has 1 atom stereocenters. The summed E-state index contributed by atoms with van der Waals surface area (Å²) in [7, 11) is 0. The molecule has 1 aromatic rings. The van der Waals surface area contributed by atoms with Crippen molar-refractivity contribution in [3.05, 3.63) is 60.7 Å². The molecule has 1 unspecified atom stereocenters. The minimum absolute atomic E-state index is 0.281. The molecule has 1 heterocycles. The van der Waals surface area contributed by atoms with Crippen molar-refractivity contribution in [1.29, 1.82) is 0 Å². The highest BCUT2D eigenvalue weighted by molar-refractivity contribution is 6.09. The average Bonchev–Trinajstić information content (AvgIpc) is 3.09. The number of fused-ring (bicyclic) bond motifs is 2. The van der Waals surface area contributed by atoms with E-state index in [9.17, 15) is 14.4 Å². The van der Waals surface area contributed by atoms with E-state index in [1.54, 1.807) is 12.2 Å². The monoisotopic (exact) mass is 339 g/mol. The van der Waals surface area contributed by atoms with Gasteiger partial charge in [-0.3, -0.25) is 14.5 Å². The Kier molecular flexibility index (Phi) is 4.44. The minimum Gasteiger partial charge on any atom is -0.334 e. The van der Waals surface area contributed by atoms with Gasteiger partial charge in [0.05, 0.1) is 0 Å². The number of rotatable bonds is 6. The number of aryl methyl sites for hydroxylation is 1. The highest BCUT2D eigenvalue weighted by Crippen LogP contribution is 2.41. The quantitative estimate of drug-likeness (QED) is 0.632. The molecule has 0 bridgehead atoms. The number of nitrogens with one attached hydrogen (secondary N) is 1. The third-order valence-electron chi connectivity index (χ3n) is 4.77. The van der Waals surface area contributed by atoms with Crippen molar-refractivity contribution in [3.8, 4) is 0 Å². The van der Waals surface area contributed by atoms with Crippen LogP contribution < -0.4 is 5.32 Å². The van der Waals surface area contributed by atoms with Gasteiger partial charge >= 0.3 is 6.03 Å². The molecule has 6 heteroatoms. The second-order valence-corrected chi connectivity index (χ2v) is 6.26. The Morgan fingerprint density at radius 1 is 1.24 bits per heavy atom. The lowest BCUT2D eigenvalue weighted by atomic mass is 9.92. The zero-order valence-corrected chi connectivity index (χ0v) is 14.0. The molecule has 0 radical (unpaired) electrons. The van der Waals surface area contributed by atoms with Gasteiger partial charge in [0.15, 0.2) is 0 Å². The van der Waals surface area contributed by atoms with Crippen molar-refractivity contribution in [1.82, 2.24) is 15.1 Å². The molecule has 1 N–H and O–H groups in total. The predicted octanol–water partition coefficient (Wildman–Crippen LogP) is 1.58. The smallest absolute Gasteiger partial charge is 0.325 e. The Morgan fingerprint density at radius 2 is 1.92 bits per heavy atom. The highest BCUT2D eigenvalue weighted by atomic mass is 16.2. The summed E-state index contributed by atoms with van der Waals surface area (Å²) in [4.78, 5) is 40.4. The van der Waals surface area contributed by atoms with Crippen molar-refractivity contribution < 1.29 is 14.4 Å². The van der Waals surface area contributed by atoms with Crippen LogP contribution in [0.1, 0.15) is 17.5 Å². The van der Waals surface area contributed by atoms with Crippen LogP contribution in [-0.2, 0) is 21.5 Å². The zero-order chi connectivity index (χ0) is 18.0. The van der Waals surface area contributed by atoms with E-state index < -0.39 is 11.6 Å². The Bertz CT molecular complexity index is 748. The Morgan fingerprint density at radius 3 is 2.60 bits per heavy atom. The van der Waals surface area contributed by atoms with Crippen LogP contribution in [0.5, 0.6) is 0 Å². The van der Waals surface area contributed by atoms with Gasteiger partial charge < -0.3 is 10.2 Å². The molecule has 1 saturated heterocycles. The Labute approximate surface area is 146 Å². The molecular weight excluding hydrogens is 318 g/mol. The maximum absolute atomic E-state index is 13.0. The predicted molar refractivity (Wildman–Crippen MR) is 93.7 cm³/mol. The van der Waals surface area contributed by atoms with E-state index >= 15 is 0 Å². The van der Waals surface area contributed by atoms with Crippen molar-refractivity contribution in [2.75, 3.05) is 19.6 Å². The number of nitrogens with zero attached hydrogens (tertiary/aromatic N) is 2. The van der Waals surface area contributed by atoms with Crippen molar-refractivity contribution in [3.63, 3.8) is 0 Å². The van der Waals surface area contributed by atoms with Crippen molar-refractivity contribution in [2.45, 2.75) is 18.4 Å². The van der Waals surface area contributed by atoms with E-state index in [1.807, 2.05) is 24.3 Å². The molecular formula is C19H21N3O3. The maximum atomic E-state index is 13.0. The molecule has 4 amide bonds. The number of hydrogen-bond donors (Lipinski definition) is 1. The number of hydrogen-bond acceptors (Lipinski definition) is 3. The van der Waals surface area contributed by atoms with E-state index in [0.29, 0.717) is 19.5 Å². The van der Waals surface area contributed by atoms with Gasteiger partial charge in [0.25, 0.3) is 5.91 Å². The molecule has 0 saturated carbocycles. The topological polar surface area (TPSA) is 69.7 Å². The van der Waals surface area contributed by atoms with Gasteiger partial charge in [-0.05, 0) is 24.0 Å². The number of imide groups is 1. The number of carbonyl (C=O) groups excluding carboxylic acids is 3. The van der Waals surface area contributed by atoms with E-state index in [4.69, 9.17) is 0 Å². The van der Waals surface area contributed by atoms with E-state index in [2.05, 4.69) is 18.5 Å². The van der Waals surface area contributed by atoms with Gasteiger partial charge in [0.2, 0.25) is 5.91 Å². The van der Waals surface area contributed by atoms with Crippen LogP contribution in [0.2, 0.25) is 0 Å². The number of urea groups is 1. The lowest BCUT2D eigenvalue weighted by Gasteiger charge is -2.24. The van der Waals surface area contributed by atoms with Crippen LogP contribution in [0, 0.1) is 0 Å².